The normalized spacial score (nSPS) is 20.2. The Balaban J connectivity index is 1.93. The molecule has 1 aliphatic heterocycles. The van der Waals surface area contributed by atoms with E-state index in [2.05, 4.69) is 0 Å². The summed E-state index contributed by atoms with van der Waals surface area (Å²) in [5, 5.41) is 8.95. The fourth-order valence-corrected chi connectivity index (χ4v) is 2.14. The number of nitrogens with zero attached hydrogens (tertiary/aromatic N) is 2. The maximum Gasteiger partial charge on any atom is 0.308 e. The van der Waals surface area contributed by atoms with Gasteiger partial charge in [0.15, 0.2) is 0 Å². The van der Waals surface area contributed by atoms with E-state index in [1.54, 1.807) is 9.47 Å². The molecule has 1 amide bonds. The first-order valence-electron chi connectivity index (χ1n) is 5.78. The Morgan fingerprint density at radius 1 is 1.29 bits per heavy atom. The lowest BCUT2D eigenvalue weighted by atomic mass is 9.98. The number of carboxylic acids is 1. The molecule has 1 N–H and O–H groups in total. The Kier molecular flexibility index (Phi) is 3.46. The van der Waals surface area contributed by atoms with Gasteiger partial charge >= 0.3 is 5.97 Å². The SMILES string of the molecule is O=C(O)C1CCCN(C(=O)Cn2cccc2)C1. The van der Waals surface area contributed by atoms with Crippen LogP contribution in [-0.2, 0) is 16.1 Å². The van der Waals surface area contributed by atoms with Gasteiger partial charge < -0.3 is 14.6 Å². The van der Waals surface area contributed by atoms with Gasteiger partial charge in [-0.15, -0.1) is 0 Å². The Hall–Kier alpha value is -1.78. The van der Waals surface area contributed by atoms with Gasteiger partial charge in [0.2, 0.25) is 5.91 Å². The third-order valence-corrected chi connectivity index (χ3v) is 3.11. The summed E-state index contributed by atoms with van der Waals surface area (Å²) in [7, 11) is 0. The molecule has 0 aromatic carbocycles. The lowest BCUT2D eigenvalue weighted by Crippen LogP contribution is -2.43. The number of hydrogen-bond donors (Lipinski definition) is 1. The summed E-state index contributed by atoms with van der Waals surface area (Å²) in [6.45, 7) is 1.30. The molecule has 1 unspecified atom stereocenters. The van der Waals surface area contributed by atoms with Crippen LogP contribution in [0, 0.1) is 5.92 Å². The highest BCUT2D eigenvalue weighted by Crippen LogP contribution is 2.16. The van der Waals surface area contributed by atoms with Gasteiger partial charge in [-0.3, -0.25) is 9.59 Å². The maximum absolute atomic E-state index is 11.9. The monoisotopic (exact) mass is 236 g/mol. The smallest absolute Gasteiger partial charge is 0.308 e. The van der Waals surface area contributed by atoms with Crippen molar-refractivity contribution in [3.8, 4) is 0 Å². The van der Waals surface area contributed by atoms with E-state index >= 15 is 0 Å². The van der Waals surface area contributed by atoms with Crippen LogP contribution in [0.2, 0.25) is 0 Å². The minimum Gasteiger partial charge on any atom is -0.481 e. The molecule has 5 heteroatoms. The predicted octanol–water partition coefficient (Wildman–Crippen LogP) is 0.811. The molecule has 1 aromatic rings. The second-order valence-corrected chi connectivity index (χ2v) is 4.37. The highest BCUT2D eigenvalue weighted by Gasteiger charge is 2.27. The Labute approximate surface area is 99.6 Å². The standard InChI is InChI=1S/C12H16N2O3/c15-11(9-13-5-1-2-6-13)14-7-3-4-10(8-14)12(16)17/h1-2,5-6,10H,3-4,7-9H2,(H,16,17). The maximum atomic E-state index is 11.9. The van der Waals surface area contributed by atoms with Gasteiger partial charge in [0.05, 0.1) is 5.92 Å². The molecule has 17 heavy (non-hydrogen) atoms. The lowest BCUT2D eigenvalue weighted by Gasteiger charge is -2.30. The summed E-state index contributed by atoms with van der Waals surface area (Å²) in [5.41, 5.74) is 0. The van der Waals surface area contributed by atoms with Crippen LogP contribution in [0.25, 0.3) is 0 Å². The summed E-state index contributed by atoms with van der Waals surface area (Å²) in [6, 6.07) is 3.73. The lowest BCUT2D eigenvalue weighted by molar-refractivity contribution is -0.145. The van der Waals surface area contributed by atoms with Crippen molar-refractivity contribution >= 4 is 11.9 Å². The molecule has 0 saturated carbocycles. The van der Waals surface area contributed by atoms with E-state index < -0.39 is 11.9 Å². The van der Waals surface area contributed by atoms with Crippen LogP contribution >= 0.6 is 0 Å². The second kappa shape index (κ2) is 5.03. The zero-order valence-electron chi connectivity index (χ0n) is 9.58. The van der Waals surface area contributed by atoms with E-state index in [1.165, 1.54) is 0 Å². The zero-order valence-corrected chi connectivity index (χ0v) is 9.58. The molecular weight excluding hydrogens is 220 g/mol. The van der Waals surface area contributed by atoms with Gasteiger partial charge in [-0.2, -0.15) is 0 Å². The fourth-order valence-electron chi connectivity index (χ4n) is 2.14. The third-order valence-electron chi connectivity index (χ3n) is 3.11. The van der Waals surface area contributed by atoms with Crippen LogP contribution in [0.4, 0.5) is 0 Å². The third kappa shape index (κ3) is 2.87. The highest BCUT2D eigenvalue weighted by atomic mass is 16.4. The molecule has 1 aliphatic rings. The summed E-state index contributed by atoms with van der Waals surface area (Å²) < 4.78 is 1.80. The Morgan fingerprint density at radius 3 is 2.65 bits per heavy atom. The Bertz CT molecular complexity index is 400. The largest absolute Gasteiger partial charge is 0.481 e. The second-order valence-electron chi connectivity index (χ2n) is 4.37. The van der Waals surface area contributed by atoms with Crippen molar-refractivity contribution in [1.82, 2.24) is 9.47 Å². The van der Waals surface area contributed by atoms with E-state index in [9.17, 15) is 9.59 Å². The average Bonchev–Trinajstić information content (AvgIpc) is 2.82. The topological polar surface area (TPSA) is 62.5 Å². The molecule has 0 bridgehead atoms. The summed E-state index contributed by atoms with van der Waals surface area (Å²) in [4.78, 5) is 24.5. The quantitative estimate of drug-likeness (QED) is 0.844. The molecule has 92 valence electrons. The molecule has 0 spiro atoms. The van der Waals surface area contributed by atoms with Crippen molar-refractivity contribution in [3.63, 3.8) is 0 Å². The molecule has 0 aliphatic carbocycles. The van der Waals surface area contributed by atoms with Crippen LogP contribution in [-0.4, -0.2) is 39.5 Å². The number of amides is 1. The minimum atomic E-state index is -0.802. The van der Waals surface area contributed by atoms with Crippen molar-refractivity contribution in [1.29, 1.82) is 0 Å². The molecular formula is C12H16N2O3. The molecule has 0 radical (unpaired) electrons. The van der Waals surface area contributed by atoms with E-state index in [1.807, 2.05) is 24.5 Å². The fraction of sp³-hybridized carbons (Fsp3) is 0.500. The number of hydrogen-bond acceptors (Lipinski definition) is 2. The van der Waals surface area contributed by atoms with Crippen molar-refractivity contribution in [2.24, 2.45) is 5.92 Å². The number of carbonyl (C=O) groups is 2. The first-order valence-corrected chi connectivity index (χ1v) is 5.78. The zero-order chi connectivity index (χ0) is 12.3. The van der Waals surface area contributed by atoms with Gasteiger partial charge in [0, 0.05) is 25.5 Å². The number of rotatable bonds is 3. The van der Waals surface area contributed by atoms with E-state index in [0.29, 0.717) is 26.1 Å². The van der Waals surface area contributed by atoms with Crippen LogP contribution in [0.1, 0.15) is 12.8 Å². The first-order chi connectivity index (χ1) is 8.16. The molecule has 2 rings (SSSR count). The summed E-state index contributed by atoms with van der Waals surface area (Å²) in [6.07, 6.45) is 5.10. The molecule has 1 atom stereocenters. The van der Waals surface area contributed by atoms with Gasteiger partial charge in [-0.25, -0.2) is 0 Å². The number of aliphatic carboxylic acids is 1. The molecule has 1 saturated heterocycles. The summed E-state index contributed by atoms with van der Waals surface area (Å²) in [5.74, 6) is -1.21. The van der Waals surface area contributed by atoms with Crippen molar-refractivity contribution in [3.05, 3.63) is 24.5 Å². The molecule has 1 aromatic heterocycles. The molecule has 1 fully saturated rings. The van der Waals surface area contributed by atoms with Crippen LogP contribution in [0.3, 0.4) is 0 Å². The predicted molar refractivity (Wildman–Crippen MR) is 61.4 cm³/mol. The van der Waals surface area contributed by atoms with E-state index in [4.69, 9.17) is 5.11 Å². The van der Waals surface area contributed by atoms with Gasteiger partial charge in [0.25, 0.3) is 0 Å². The van der Waals surface area contributed by atoms with E-state index in [0.717, 1.165) is 6.42 Å². The number of carboxylic acid groups (broad SMARTS) is 1. The van der Waals surface area contributed by atoms with Gasteiger partial charge in [-0.05, 0) is 25.0 Å². The van der Waals surface area contributed by atoms with Gasteiger partial charge in [-0.1, -0.05) is 0 Å². The van der Waals surface area contributed by atoms with Crippen molar-refractivity contribution in [2.45, 2.75) is 19.4 Å². The summed E-state index contributed by atoms with van der Waals surface area (Å²) >= 11 is 0. The first kappa shape index (κ1) is 11.7. The Morgan fingerprint density at radius 2 is 2.00 bits per heavy atom. The van der Waals surface area contributed by atoms with Crippen LogP contribution in [0.5, 0.6) is 0 Å². The van der Waals surface area contributed by atoms with Crippen molar-refractivity contribution in [2.75, 3.05) is 13.1 Å². The number of aromatic nitrogens is 1. The average molecular weight is 236 g/mol. The van der Waals surface area contributed by atoms with Gasteiger partial charge in [0.1, 0.15) is 6.54 Å². The number of piperidine rings is 1. The number of carbonyl (C=O) groups excluding carboxylic acids is 1. The van der Waals surface area contributed by atoms with Crippen LogP contribution in [0.15, 0.2) is 24.5 Å². The van der Waals surface area contributed by atoms with Crippen LogP contribution < -0.4 is 0 Å². The highest BCUT2D eigenvalue weighted by molar-refractivity contribution is 5.77. The van der Waals surface area contributed by atoms with E-state index in [-0.39, 0.29) is 5.91 Å². The van der Waals surface area contributed by atoms with Crippen molar-refractivity contribution < 1.29 is 14.7 Å². The molecule has 2 heterocycles. The molecule has 5 nitrogen and oxygen atoms in total. The minimum absolute atomic E-state index is 0.00727. The number of likely N-dealkylation sites (tertiary alicyclic amines) is 1.